The van der Waals surface area contributed by atoms with Crippen molar-refractivity contribution in [3.63, 3.8) is 0 Å². The van der Waals surface area contributed by atoms with Gasteiger partial charge in [0.05, 0.1) is 22.4 Å². The predicted octanol–water partition coefficient (Wildman–Crippen LogP) is 10.5. The Morgan fingerprint density at radius 3 is 2.08 bits per heavy atom. The number of aryl methyl sites for hydroxylation is 1. The van der Waals surface area contributed by atoms with Crippen LogP contribution in [-0.4, -0.2) is 51.0 Å². The van der Waals surface area contributed by atoms with Gasteiger partial charge in [-0.2, -0.15) is 4.98 Å². The van der Waals surface area contributed by atoms with Crippen molar-refractivity contribution in [2.75, 3.05) is 6.54 Å². The molecule has 0 unspecified atom stereocenters. The number of nitrogens with zero attached hydrogens (tertiary/aromatic N) is 2. The molecule has 6 aromatic rings. The maximum absolute atomic E-state index is 15.6. The van der Waals surface area contributed by atoms with Crippen LogP contribution < -0.4 is 21.6 Å². The molecule has 3 amide bonds. The number of aromatic amines is 1. The summed E-state index contributed by atoms with van der Waals surface area (Å²) < 4.78 is 33.1. The topological polar surface area (TPSA) is 166 Å². The quantitative estimate of drug-likeness (QED) is 0.0489. The van der Waals surface area contributed by atoms with Crippen LogP contribution in [0.15, 0.2) is 114 Å². The lowest BCUT2D eigenvalue weighted by molar-refractivity contribution is 0.0526. The second-order valence-corrected chi connectivity index (χ2v) is 17.0. The van der Waals surface area contributed by atoms with Crippen LogP contribution in [0.3, 0.4) is 0 Å². The van der Waals surface area contributed by atoms with Gasteiger partial charge in [-0.15, -0.1) is 0 Å². The lowest BCUT2D eigenvalue weighted by atomic mass is 10.0. The van der Waals surface area contributed by atoms with Crippen molar-refractivity contribution < 1.29 is 33.0 Å². The molecular weight excluding hydrogens is 839 g/mol. The number of H-pyrrole nitrogens is 1. The molecule has 64 heavy (non-hydrogen) atoms. The summed E-state index contributed by atoms with van der Waals surface area (Å²) in [6.45, 7) is 7.99. The number of amides is 3. The first kappa shape index (κ1) is 46.8. The van der Waals surface area contributed by atoms with Gasteiger partial charge >= 0.3 is 24.0 Å². The average Bonchev–Trinajstić information content (AvgIpc) is 3.68. The first-order valence-electron chi connectivity index (χ1n) is 21.3. The largest absolute Gasteiger partial charge is 0.445 e. The molecule has 2 heterocycles. The summed E-state index contributed by atoms with van der Waals surface area (Å²) in [7, 11) is 0. The van der Waals surface area contributed by atoms with Crippen LogP contribution >= 0.6 is 11.6 Å². The van der Waals surface area contributed by atoms with E-state index in [9.17, 15) is 19.2 Å². The van der Waals surface area contributed by atoms with E-state index in [1.54, 1.807) is 57.3 Å². The molecule has 13 nitrogen and oxygen atoms in total. The third kappa shape index (κ3) is 13.9. The van der Waals surface area contributed by atoms with Crippen LogP contribution in [-0.2, 0) is 33.8 Å². The van der Waals surface area contributed by atoms with Crippen LogP contribution in [0.5, 0.6) is 0 Å². The Morgan fingerprint density at radius 2 is 1.44 bits per heavy atom. The number of unbranched alkanes of at least 4 members (excludes halogenated alkanes) is 1. The highest BCUT2D eigenvalue weighted by Crippen LogP contribution is 2.32. The molecule has 4 N–H and O–H groups in total. The van der Waals surface area contributed by atoms with Gasteiger partial charge in [0.2, 0.25) is 0 Å². The maximum Gasteiger partial charge on any atom is 0.407 e. The van der Waals surface area contributed by atoms with Gasteiger partial charge in [-0.25, -0.2) is 23.6 Å². The van der Waals surface area contributed by atoms with Crippen LogP contribution in [0.2, 0.25) is 5.02 Å². The molecule has 2 atom stereocenters. The molecule has 6 rings (SSSR count). The molecule has 0 saturated heterocycles. The fraction of sp³-hybridized carbons (Fsp3) is 0.327. The number of hydrogen-bond donors (Lipinski definition) is 4. The van der Waals surface area contributed by atoms with E-state index in [2.05, 4.69) is 25.9 Å². The first-order chi connectivity index (χ1) is 30.7. The highest BCUT2D eigenvalue weighted by molar-refractivity contribution is 6.31. The summed E-state index contributed by atoms with van der Waals surface area (Å²) in [5.41, 5.74) is 3.64. The van der Waals surface area contributed by atoms with E-state index in [0.29, 0.717) is 61.8 Å². The summed E-state index contributed by atoms with van der Waals surface area (Å²) >= 11 is 6.39. The van der Waals surface area contributed by atoms with E-state index < -0.39 is 41.4 Å². The zero-order valence-corrected chi connectivity index (χ0v) is 37.2. The van der Waals surface area contributed by atoms with Gasteiger partial charge in [0.15, 0.2) is 5.82 Å². The summed E-state index contributed by atoms with van der Waals surface area (Å²) in [4.78, 5) is 58.1. The normalized spacial score (nSPS) is 12.3. The van der Waals surface area contributed by atoms with E-state index in [0.717, 1.165) is 22.3 Å². The number of fused-ring (bicyclic) bond motifs is 1. The standard InChI is InChI=1S/C49H54ClFN6O7/c1-32(53-47(60)62-30-33-15-7-5-8-16-33)14-13-19-35-26-39(43(51)40(50)27-35)42-28-37-29-57(45(58)56-44(37)54-42)38-23-21-36(22-24-38)41(20-11-12-25-52-46(59)64-49(2,3)4)55-48(61)63-31-34-17-9-6-10-18-34/h5-10,15-18,21-24,26-29,32,41H,11-14,19-20,25,30-31H2,1-4H3,(H,52,59)(H,53,60)(H,55,61)(H,54,56,58)/t32-,41+/m0/s1. The Balaban J connectivity index is 1.10. The summed E-state index contributed by atoms with van der Waals surface area (Å²) in [5.74, 6) is -0.606. The van der Waals surface area contributed by atoms with Gasteiger partial charge in [-0.05, 0) is 119 Å². The number of carbonyl (C=O) groups is 3. The van der Waals surface area contributed by atoms with E-state index in [-0.39, 0.29) is 35.5 Å². The van der Waals surface area contributed by atoms with E-state index in [1.165, 1.54) is 4.57 Å². The number of nitrogens with one attached hydrogen (secondary N) is 4. The zero-order valence-electron chi connectivity index (χ0n) is 36.4. The molecule has 336 valence electrons. The van der Waals surface area contributed by atoms with Crippen molar-refractivity contribution >= 4 is 40.9 Å². The molecule has 0 aliphatic heterocycles. The lowest BCUT2D eigenvalue weighted by Gasteiger charge is -2.21. The average molecular weight is 893 g/mol. The highest BCUT2D eigenvalue weighted by Gasteiger charge is 2.20. The van der Waals surface area contributed by atoms with Crippen LogP contribution in [0.25, 0.3) is 28.0 Å². The number of carbonyl (C=O) groups excluding carboxylic acids is 3. The molecule has 0 radical (unpaired) electrons. The van der Waals surface area contributed by atoms with Crippen molar-refractivity contribution in [1.29, 1.82) is 0 Å². The first-order valence-corrected chi connectivity index (χ1v) is 21.7. The molecule has 0 aliphatic rings. The van der Waals surface area contributed by atoms with E-state index in [1.807, 2.05) is 79.7 Å². The summed E-state index contributed by atoms with van der Waals surface area (Å²) in [6.07, 6.45) is 3.84. The third-order valence-electron chi connectivity index (χ3n) is 10.2. The number of halogens is 2. The van der Waals surface area contributed by atoms with Gasteiger partial charge in [-0.1, -0.05) is 84.4 Å². The number of alkyl carbamates (subject to hydrolysis) is 3. The van der Waals surface area contributed by atoms with Crippen molar-refractivity contribution in [2.24, 2.45) is 0 Å². The van der Waals surface area contributed by atoms with Crippen molar-refractivity contribution in [3.05, 3.63) is 153 Å². The second-order valence-electron chi connectivity index (χ2n) is 16.6. The lowest BCUT2D eigenvalue weighted by Crippen LogP contribution is -2.33. The van der Waals surface area contributed by atoms with Crippen molar-refractivity contribution in [3.8, 4) is 16.9 Å². The van der Waals surface area contributed by atoms with Crippen LogP contribution in [0.4, 0.5) is 18.8 Å². The highest BCUT2D eigenvalue weighted by atomic mass is 35.5. The molecule has 0 fully saturated rings. The number of benzene rings is 4. The number of aromatic nitrogens is 3. The number of hydrogen-bond acceptors (Lipinski definition) is 8. The van der Waals surface area contributed by atoms with Gasteiger partial charge in [-0.3, -0.25) is 4.57 Å². The van der Waals surface area contributed by atoms with Crippen molar-refractivity contribution in [2.45, 2.75) is 97.1 Å². The van der Waals surface area contributed by atoms with Gasteiger partial charge < -0.3 is 35.1 Å². The Morgan fingerprint density at radius 1 is 0.797 bits per heavy atom. The van der Waals surface area contributed by atoms with Gasteiger partial charge in [0.1, 0.15) is 24.5 Å². The SMILES string of the molecule is C[C@@H](CCCc1cc(Cl)c(F)c(-c2cc3cn(-c4ccc([C@@H](CCCCNC(=O)OC(C)(C)C)NC(=O)OCc5ccccc5)cc4)c(=O)nc3[nH]2)c1)NC(=O)OCc1ccccc1. The maximum atomic E-state index is 15.6. The van der Waals surface area contributed by atoms with E-state index >= 15 is 4.39 Å². The van der Waals surface area contributed by atoms with E-state index in [4.69, 9.17) is 25.8 Å². The Bertz CT molecular complexity index is 2560. The van der Waals surface area contributed by atoms with Gasteiger partial charge in [0, 0.05) is 29.7 Å². The molecule has 0 spiro atoms. The van der Waals surface area contributed by atoms with Gasteiger partial charge in [0.25, 0.3) is 0 Å². The molecule has 0 bridgehead atoms. The molecule has 15 heteroatoms. The second kappa shape index (κ2) is 22.1. The number of rotatable bonds is 18. The molecular formula is C49H54ClFN6O7. The minimum atomic E-state index is -0.606. The smallest absolute Gasteiger partial charge is 0.407 e. The molecule has 2 aromatic heterocycles. The fourth-order valence-corrected chi connectivity index (χ4v) is 7.28. The Kier molecular flexibility index (Phi) is 16.2. The van der Waals surface area contributed by atoms with Crippen LogP contribution in [0, 0.1) is 5.82 Å². The molecule has 0 saturated carbocycles. The molecule has 0 aliphatic carbocycles. The minimum Gasteiger partial charge on any atom is -0.445 e. The van der Waals surface area contributed by atoms with Crippen LogP contribution in [0.1, 0.15) is 88.1 Å². The Hall–Kier alpha value is -6.67. The van der Waals surface area contributed by atoms with Crippen molar-refractivity contribution in [1.82, 2.24) is 30.5 Å². The molecule has 4 aromatic carbocycles. The predicted molar refractivity (Wildman–Crippen MR) is 245 cm³/mol. The summed E-state index contributed by atoms with van der Waals surface area (Å²) in [5, 5.41) is 9.12. The zero-order chi connectivity index (χ0) is 45.6. The number of ether oxygens (including phenoxy) is 3. The summed E-state index contributed by atoms with van der Waals surface area (Å²) in [6, 6.07) is 30.4. The fourth-order valence-electron chi connectivity index (χ4n) is 7.04. The minimum absolute atomic E-state index is 0.0378. The Labute approximate surface area is 376 Å². The third-order valence-corrected chi connectivity index (χ3v) is 10.5. The monoisotopic (exact) mass is 892 g/mol.